The number of nitro benzene ring substituents is 1. The Hall–Kier alpha value is -3.04. The molecular weight excluding hydrogens is 435 g/mol. The van der Waals surface area contributed by atoms with Gasteiger partial charge < -0.3 is 9.15 Å². The van der Waals surface area contributed by atoms with E-state index in [9.17, 15) is 14.7 Å². The molecular formula is C21H21N4O6P. The van der Waals surface area contributed by atoms with Crippen molar-refractivity contribution in [3.05, 3.63) is 70.6 Å². The summed E-state index contributed by atoms with van der Waals surface area (Å²) in [6, 6.07) is 11.4. The van der Waals surface area contributed by atoms with Crippen molar-refractivity contribution in [1.82, 2.24) is 14.3 Å². The maximum atomic E-state index is 13.3. The Bertz CT molecular complexity index is 1160. The standard InChI is InChI=1S/C21H21N4O6P/c1-15(31-32(28,23-9-10-23)24-11-12-24)17-4-7-19(25(26)27)20(14-17)30-18-5-2-16(3-6-18)21-22-8-13-29-21/h2-8,13-15H,9-12H2,1H3. The fourth-order valence-corrected chi connectivity index (χ4v) is 5.70. The van der Waals surface area contributed by atoms with Gasteiger partial charge >= 0.3 is 13.4 Å². The molecule has 11 heteroatoms. The summed E-state index contributed by atoms with van der Waals surface area (Å²) >= 11 is 0. The monoisotopic (exact) mass is 456 g/mol. The number of rotatable bonds is 9. The van der Waals surface area contributed by atoms with Crippen LogP contribution in [-0.4, -0.2) is 45.4 Å². The first-order valence-electron chi connectivity index (χ1n) is 10.2. The lowest BCUT2D eigenvalue weighted by atomic mass is 10.1. The van der Waals surface area contributed by atoms with Crippen LogP contribution in [-0.2, 0) is 9.09 Å². The third kappa shape index (κ3) is 4.18. The predicted molar refractivity (Wildman–Crippen MR) is 115 cm³/mol. The van der Waals surface area contributed by atoms with E-state index >= 15 is 0 Å². The Labute approximate surface area is 184 Å². The molecule has 0 bridgehead atoms. The van der Waals surface area contributed by atoms with E-state index in [1.54, 1.807) is 49.5 Å². The highest BCUT2D eigenvalue weighted by atomic mass is 31.2. The summed E-state index contributed by atoms with van der Waals surface area (Å²) in [7, 11) is -3.03. The SMILES string of the molecule is CC(OP(=O)(N1CC1)N1CC1)c1ccc([N+](=O)[O-])c(Oc2ccc(-c3ncco3)cc2)c1. The van der Waals surface area contributed by atoms with Crippen LogP contribution >= 0.6 is 7.67 Å². The summed E-state index contributed by atoms with van der Waals surface area (Å²) in [4.78, 5) is 15.1. The van der Waals surface area contributed by atoms with Gasteiger partial charge in [0.05, 0.1) is 17.2 Å². The van der Waals surface area contributed by atoms with Crippen molar-refractivity contribution in [2.45, 2.75) is 13.0 Å². The zero-order valence-electron chi connectivity index (χ0n) is 17.3. The van der Waals surface area contributed by atoms with Gasteiger partial charge in [0.15, 0.2) is 0 Å². The lowest BCUT2D eigenvalue weighted by Gasteiger charge is -2.24. The Morgan fingerprint density at radius 2 is 1.81 bits per heavy atom. The molecule has 0 N–H and O–H groups in total. The van der Waals surface area contributed by atoms with Gasteiger partial charge in [0.25, 0.3) is 0 Å². The van der Waals surface area contributed by atoms with Crippen molar-refractivity contribution < 1.29 is 23.2 Å². The zero-order valence-corrected chi connectivity index (χ0v) is 18.2. The number of hydrogen-bond donors (Lipinski definition) is 0. The molecule has 0 aliphatic carbocycles. The second kappa shape index (κ2) is 8.14. The minimum atomic E-state index is -3.03. The average molecular weight is 456 g/mol. The average Bonchev–Trinajstić information content (AvgIpc) is 3.72. The Morgan fingerprint density at radius 1 is 1.12 bits per heavy atom. The molecule has 2 fully saturated rings. The minimum absolute atomic E-state index is 0.0834. The van der Waals surface area contributed by atoms with E-state index in [1.807, 2.05) is 9.34 Å². The molecule has 2 aromatic carbocycles. The molecule has 2 aliphatic rings. The van der Waals surface area contributed by atoms with E-state index in [4.69, 9.17) is 13.7 Å². The largest absolute Gasteiger partial charge is 0.450 e. The first-order chi connectivity index (χ1) is 15.4. The second-order valence-corrected chi connectivity index (χ2v) is 9.92. The van der Waals surface area contributed by atoms with Crippen LogP contribution in [0.25, 0.3) is 11.5 Å². The molecule has 0 spiro atoms. The Balaban J connectivity index is 1.38. The molecule has 10 nitrogen and oxygen atoms in total. The molecule has 0 amide bonds. The van der Waals surface area contributed by atoms with Crippen LogP contribution in [0.3, 0.4) is 0 Å². The molecule has 166 valence electrons. The molecule has 5 rings (SSSR count). The molecule has 0 radical (unpaired) electrons. The fraction of sp³-hybridized carbons (Fsp3) is 0.286. The molecule has 1 aromatic heterocycles. The highest BCUT2D eigenvalue weighted by Crippen LogP contribution is 2.63. The van der Waals surface area contributed by atoms with Crippen LogP contribution in [0.4, 0.5) is 5.69 Å². The maximum Gasteiger partial charge on any atom is 0.346 e. The van der Waals surface area contributed by atoms with Crippen LogP contribution in [0.15, 0.2) is 59.3 Å². The molecule has 0 saturated carbocycles. The summed E-state index contributed by atoms with van der Waals surface area (Å²) in [6.07, 6.45) is 2.51. The number of aromatic nitrogens is 1. The van der Waals surface area contributed by atoms with Crippen molar-refractivity contribution in [2.75, 3.05) is 26.2 Å². The number of benzene rings is 2. The molecule has 2 aliphatic heterocycles. The lowest BCUT2D eigenvalue weighted by molar-refractivity contribution is -0.385. The van der Waals surface area contributed by atoms with Crippen molar-refractivity contribution in [1.29, 1.82) is 0 Å². The van der Waals surface area contributed by atoms with Gasteiger partial charge in [-0.25, -0.2) is 14.3 Å². The Morgan fingerprint density at radius 3 is 2.38 bits per heavy atom. The van der Waals surface area contributed by atoms with E-state index in [0.29, 0.717) is 17.2 Å². The third-order valence-corrected chi connectivity index (χ3v) is 8.09. The Kier molecular flexibility index (Phi) is 5.30. The molecule has 3 heterocycles. The van der Waals surface area contributed by atoms with Gasteiger partial charge in [-0.1, -0.05) is 0 Å². The molecule has 1 atom stereocenters. The highest BCUT2D eigenvalue weighted by Gasteiger charge is 2.50. The number of hydrogen-bond acceptors (Lipinski definition) is 7. The number of oxazole rings is 1. The predicted octanol–water partition coefficient (Wildman–Crippen LogP) is 4.86. The van der Waals surface area contributed by atoms with E-state index in [1.165, 1.54) is 12.3 Å². The first-order valence-corrected chi connectivity index (χ1v) is 11.7. The normalized spacial score (nSPS) is 17.2. The summed E-state index contributed by atoms with van der Waals surface area (Å²) in [5, 5.41) is 11.5. The van der Waals surface area contributed by atoms with Gasteiger partial charge in [0.1, 0.15) is 12.0 Å². The van der Waals surface area contributed by atoms with Gasteiger partial charge in [-0.3, -0.25) is 19.2 Å². The number of nitrogens with zero attached hydrogens (tertiary/aromatic N) is 4. The van der Waals surface area contributed by atoms with Crippen molar-refractivity contribution in [2.24, 2.45) is 0 Å². The smallest absolute Gasteiger partial charge is 0.346 e. The van der Waals surface area contributed by atoms with E-state index < -0.39 is 18.7 Å². The van der Waals surface area contributed by atoms with E-state index in [0.717, 1.165) is 31.7 Å². The van der Waals surface area contributed by atoms with Crippen molar-refractivity contribution in [3.63, 3.8) is 0 Å². The molecule has 1 unspecified atom stereocenters. The topological polar surface area (TPSA) is 111 Å². The quantitative estimate of drug-likeness (QED) is 0.193. The van der Waals surface area contributed by atoms with Crippen molar-refractivity contribution in [3.8, 4) is 23.0 Å². The van der Waals surface area contributed by atoms with Gasteiger partial charge in [0.2, 0.25) is 11.6 Å². The molecule has 2 saturated heterocycles. The van der Waals surface area contributed by atoms with Gasteiger partial charge in [-0.15, -0.1) is 0 Å². The fourth-order valence-electron chi connectivity index (χ4n) is 3.35. The number of ether oxygens (including phenoxy) is 1. The highest BCUT2D eigenvalue weighted by molar-refractivity contribution is 7.54. The second-order valence-electron chi connectivity index (χ2n) is 7.59. The lowest BCUT2D eigenvalue weighted by Crippen LogP contribution is -2.10. The van der Waals surface area contributed by atoms with Crippen LogP contribution < -0.4 is 4.74 Å². The zero-order chi connectivity index (χ0) is 22.3. The van der Waals surface area contributed by atoms with E-state index in [2.05, 4.69) is 4.98 Å². The van der Waals surface area contributed by atoms with E-state index in [-0.39, 0.29) is 11.4 Å². The summed E-state index contributed by atoms with van der Waals surface area (Å²) in [5.74, 6) is 0.978. The van der Waals surface area contributed by atoms with Crippen LogP contribution in [0.2, 0.25) is 0 Å². The summed E-state index contributed by atoms with van der Waals surface area (Å²) in [5.41, 5.74) is 1.23. The summed E-state index contributed by atoms with van der Waals surface area (Å²) in [6.45, 7) is 4.78. The van der Waals surface area contributed by atoms with Crippen molar-refractivity contribution >= 4 is 13.4 Å². The third-order valence-electron chi connectivity index (χ3n) is 5.27. The molecule has 32 heavy (non-hydrogen) atoms. The van der Waals surface area contributed by atoms with Gasteiger partial charge in [0, 0.05) is 37.8 Å². The summed E-state index contributed by atoms with van der Waals surface area (Å²) < 4.78 is 34.0. The van der Waals surface area contributed by atoms with Crippen LogP contribution in [0, 0.1) is 10.1 Å². The van der Waals surface area contributed by atoms with Crippen LogP contribution in [0.5, 0.6) is 11.5 Å². The van der Waals surface area contributed by atoms with Gasteiger partial charge in [-0.05, 0) is 48.9 Å². The van der Waals surface area contributed by atoms with Crippen LogP contribution in [0.1, 0.15) is 18.6 Å². The van der Waals surface area contributed by atoms with Gasteiger partial charge in [-0.2, -0.15) is 0 Å². The molecule has 3 aromatic rings. The maximum absolute atomic E-state index is 13.3. The minimum Gasteiger partial charge on any atom is -0.450 e. The number of nitro groups is 1. The first kappa shape index (κ1) is 20.8.